The highest BCUT2D eigenvalue weighted by Gasteiger charge is 2.40. The van der Waals surface area contributed by atoms with Crippen molar-refractivity contribution in [2.75, 3.05) is 6.61 Å². The molecule has 1 heterocycles. The summed E-state index contributed by atoms with van der Waals surface area (Å²) in [4.78, 5) is 12.1. The third-order valence-corrected chi connectivity index (χ3v) is 5.99. The number of nitrogens with one attached hydrogen (secondary N) is 1. The number of ketones is 1. The highest BCUT2D eigenvalue weighted by atomic mass is 16.6. The lowest BCUT2D eigenvalue weighted by Crippen LogP contribution is -2.38. The molecule has 1 N–H and O–H groups in total. The SMILES string of the molecule is CC(C)C(=O)C1CCC(NC2OC2CCOC2CCCCC2)CC1. The molecule has 4 nitrogen and oxygen atoms in total. The monoisotopic (exact) mass is 337 g/mol. The van der Waals surface area contributed by atoms with E-state index >= 15 is 0 Å². The van der Waals surface area contributed by atoms with Crippen LogP contribution in [0.2, 0.25) is 0 Å². The number of Topliss-reactive ketones (excluding diaryl/α,β-unsaturated/α-hetero) is 1. The maximum Gasteiger partial charge on any atom is 0.138 e. The molecule has 0 aromatic carbocycles. The van der Waals surface area contributed by atoms with E-state index < -0.39 is 0 Å². The van der Waals surface area contributed by atoms with Gasteiger partial charge in [-0.3, -0.25) is 10.1 Å². The van der Waals surface area contributed by atoms with Crippen molar-refractivity contribution >= 4 is 5.78 Å². The molecule has 0 radical (unpaired) electrons. The van der Waals surface area contributed by atoms with Crippen LogP contribution in [0.1, 0.15) is 78.1 Å². The first-order chi connectivity index (χ1) is 11.6. The van der Waals surface area contributed by atoms with Crippen LogP contribution in [-0.4, -0.2) is 36.9 Å². The quantitative estimate of drug-likeness (QED) is 0.684. The molecular formula is C20H35NO3. The average molecular weight is 338 g/mol. The Hall–Kier alpha value is -0.450. The number of hydrogen-bond donors (Lipinski definition) is 1. The van der Waals surface area contributed by atoms with Crippen molar-refractivity contribution < 1.29 is 14.3 Å². The third-order valence-electron chi connectivity index (χ3n) is 5.99. The van der Waals surface area contributed by atoms with Gasteiger partial charge in [-0.05, 0) is 38.5 Å². The summed E-state index contributed by atoms with van der Waals surface area (Å²) in [7, 11) is 0. The van der Waals surface area contributed by atoms with Gasteiger partial charge in [0.15, 0.2) is 0 Å². The van der Waals surface area contributed by atoms with E-state index in [1.165, 1.54) is 32.1 Å². The van der Waals surface area contributed by atoms with E-state index in [0.29, 0.717) is 30.0 Å². The molecule has 2 aliphatic carbocycles. The minimum Gasteiger partial charge on any atom is -0.378 e. The summed E-state index contributed by atoms with van der Waals surface area (Å²) in [6.07, 6.45) is 12.9. The first-order valence-electron chi connectivity index (χ1n) is 10.2. The van der Waals surface area contributed by atoms with Crippen LogP contribution in [0, 0.1) is 11.8 Å². The van der Waals surface area contributed by atoms with Crippen LogP contribution >= 0.6 is 0 Å². The molecule has 3 rings (SSSR count). The summed E-state index contributed by atoms with van der Waals surface area (Å²) >= 11 is 0. The molecule has 4 heteroatoms. The van der Waals surface area contributed by atoms with E-state index in [9.17, 15) is 4.79 Å². The Morgan fingerprint density at radius 2 is 1.79 bits per heavy atom. The molecular weight excluding hydrogens is 302 g/mol. The van der Waals surface area contributed by atoms with Gasteiger partial charge in [-0.1, -0.05) is 33.1 Å². The van der Waals surface area contributed by atoms with Crippen molar-refractivity contribution in [3.05, 3.63) is 0 Å². The maximum atomic E-state index is 12.1. The highest BCUT2D eigenvalue weighted by Crippen LogP contribution is 2.31. The van der Waals surface area contributed by atoms with Gasteiger partial charge in [0.25, 0.3) is 0 Å². The molecule has 0 spiro atoms. The van der Waals surface area contributed by atoms with Crippen LogP contribution < -0.4 is 5.32 Å². The maximum absolute atomic E-state index is 12.1. The number of epoxide rings is 1. The van der Waals surface area contributed by atoms with Crippen LogP contribution in [0.15, 0.2) is 0 Å². The number of hydrogen-bond acceptors (Lipinski definition) is 4. The molecule has 1 saturated heterocycles. The average Bonchev–Trinajstić information content (AvgIpc) is 3.33. The summed E-state index contributed by atoms with van der Waals surface area (Å²) < 4.78 is 11.8. The zero-order valence-corrected chi connectivity index (χ0v) is 15.5. The van der Waals surface area contributed by atoms with Crippen molar-refractivity contribution in [1.29, 1.82) is 0 Å². The highest BCUT2D eigenvalue weighted by molar-refractivity contribution is 5.82. The molecule has 3 aliphatic rings. The first-order valence-corrected chi connectivity index (χ1v) is 10.2. The van der Waals surface area contributed by atoms with Crippen molar-refractivity contribution in [2.24, 2.45) is 11.8 Å². The van der Waals surface area contributed by atoms with E-state index in [0.717, 1.165) is 38.7 Å². The van der Waals surface area contributed by atoms with Crippen LogP contribution in [0.25, 0.3) is 0 Å². The van der Waals surface area contributed by atoms with Crippen LogP contribution in [-0.2, 0) is 14.3 Å². The second kappa shape index (κ2) is 8.77. The summed E-state index contributed by atoms with van der Waals surface area (Å²) in [5, 5.41) is 3.63. The van der Waals surface area contributed by atoms with Crippen molar-refractivity contribution in [1.82, 2.24) is 5.32 Å². The summed E-state index contributed by atoms with van der Waals surface area (Å²) in [5.74, 6) is 0.927. The molecule has 3 fully saturated rings. The van der Waals surface area contributed by atoms with Gasteiger partial charge in [-0.25, -0.2) is 0 Å². The Morgan fingerprint density at radius 1 is 1.08 bits per heavy atom. The molecule has 0 bridgehead atoms. The van der Waals surface area contributed by atoms with E-state index in [-0.39, 0.29) is 12.1 Å². The van der Waals surface area contributed by atoms with E-state index in [1.54, 1.807) is 0 Å². The first kappa shape index (κ1) is 18.3. The van der Waals surface area contributed by atoms with Crippen LogP contribution in [0.4, 0.5) is 0 Å². The van der Waals surface area contributed by atoms with E-state index in [1.807, 2.05) is 13.8 Å². The van der Waals surface area contributed by atoms with Crippen LogP contribution in [0.3, 0.4) is 0 Å². The summed E-state index contributed by atoms with van der Waals surface area (Å²) in [5.41, 5.74) is 0. The fourth-order valence-electron chi connectivity index (χ4n) is 4.34. The standard InChI is InChI=1S/C20H35NO3/c1-14(2)19(22)15-8-10-16(11-9-15)21-20-18(24-20)12-13-23-17-6-4-3-5-7-17/h14-18,20-21H,3-13H2,1-2H3. The summed E-state index contributed by atoms with van der Waals surface area (Å²) in [6.45, 7) is 4.87. The number of rotatable bonds is 8. The van der Waals surface area contributed by atoms with Crippen LogP contribution in [0.5, 0.6) is 0 Å². The van der Waals surface area contributed by atoms with Gasteiger partial charge in [0.1, 0.15) is 18.1 Å². The van der Waals surface area contributed by atoms with Crippen molar-refractivity contribution in [3.63, 3.8) is 0 Å². The second-order valence-electron chi connectivity index (χ2n) is 8.29. The Kier molecular flexibility index (Phi) is 6.71. The largest absolute Gasteiger partial charge is 0.378 e. The Bertz CT molecular complexity index is 398. The fraction of sp³-hybridized carbons (Fsp3) is 0.950. The number of carbonyl (C=O) groups is 1. The minimum absolute atomic E-state index is 0.180. The molecule has 24 heavy (non-hydrogen) atoms. The molecule has 2 atom stereocenters. The Balaban J connectivity index is 1.25. The van der Waals surface area contributed by atoms with Crippen molar-refractivity contribution in [3.8, 4) is 0 Å². The number of ether oxygens (including phenoxy) is 2. The van der Waals surface area contributed by atoms with Crippen molar-refractivity contribution in [2.45, 2.75) is 103 Å². The smallest absolute Gasteiger partial charge is 0.138 e. The topological polar surface area (TPSA) is 50.9 Å². The van der Waals surface area contributed by atoms with Gasteiger partial charge < -0.3 is 9.47 Å². The molecule has 1 aliphatic heterocycles. The van der Waals surface area contributed by atoms with Gasteiger partial charge in [0, 0.05) is 30.9 Å². The van der Waals surface area contributed by atoms with Gasteiger partial charge in [-0.2, -0.15) is 0 Å². The molecule has 0 aromatic rings. The lowest BCUT2D eigenvalue weighted by atomic mass is 9.80. The normalized spacial score (nSPS) is 34.5. The molecule has 2 saturated carbocycles. The molecule has 138 valence electrons. The van der Waals surface area contributed by atoms with Gasteiger partial charge in [0.05, 0.1) is 6.10 Å². The second-order valence-corrected chi connectivity index (χ2v) is 8.29. The minimum atomic E-state index is 0.180. The van der Waals surface area contributed by atoms with Gasteiger partial charge in [-0.15, -0.1) is 0 Å². The Morgan fingerprint density at radius 3 is 2.46 bits per heavy atom. The zero-order valence-electron chi connectivity index (χ0n) is 15.5. The fourth-order valence-corrected chi connectivity index (χ4v) is 4.34. The molecule has 0 aromatic heterocycles. The lowest BCUT2D eigenvalue weighted by Gasteiger charge is -2.29. The third kappa shape index (κ3) is 5.27. The number of carbonyl (C=O) groups excluding carboxylic acids is 1. The predicted molar refractivity (Wildman–Crippen MR) is 94.8 cm³/mol. The van der Waals surface area contributed by atoms with E-state index in [4.69, 9.17) is 9.47 Å². The molecule has 0 amide bonds. The Labute approximate surface area is 147 Å². The zero-order chi connectivity index (χ0) is 16.9. The van der Waals surface area contributed by atoms with Gasteiger partial charge in [0.2, 0.25) is 0 Å². The molecule has 2 unspecified atom stereocenters. The lowest BCUT2D eigenvalue weighted by molar-refractivity contribution is -0.126. The predicted octanol–water partition coefficient (Wildman–Crippen LogP) is 3.82. The van der Waals surface area contributed by atoms with E-state index in [2.05, 4.69) is 5.32 Å². The summed E-state index contributed by atoms with van der Waals surface area (Å²) in [6, 6.07) is 0.524. The van der Waals surface area contributed by atoms with Gasteiger partial charge >= 0.3 is 0 Å².